The number of rotatable bonds is 4. The average molecular weight is 197 g/mol. The van der Waals surface area contributed by atoms with E-state index in [2.05, 4.69) is 6.58 Å². The van der Waals surface area contributed by atoms with Crippen LogP contribution in [0.4, 0.5) is 0 Å². The minimum absolute atomic E-state index is 0.0725. The molecule has 0 radical (unpaired) electrons. The molecule has 0 bridgehead atoms. The molecule has 1 heterocycles. The lowest BCUT2D eigenvalue weighted by atomic mass is 9.96. The Kier molecular flexibility index (Phi) is 2.93. The zero-order chi connectivity index (χ0) is 10.8. The van der Waals surface area contributed by atoms with E-state index in [0.717, 1.165) is 6.42 Å². The van der Waals surface area contributed by atoms with Crippen LogP contribution >= 0.6 is 0 Å². The Morgan fingerprint density at radius 2 is 2.43 bits per heavy atom. The third-order valence-electron chi connectivity index (χ3n) is 2.67. The van der Waals surface area contributed by atoms with E-state index in [1.165, 1.54) is 4.90 Å². The summed E-state index contributed by atoms with van der Waals surface area (Å²) in [6.07, 6.45) is 3.03. The molecule has 1 N–H and O–H groups in total. The molecule has 1 atom stereocenters. The number of likely N-dealkylation sites (tertiary alicyclic amines) is 1. The number of hydrogen-bond acceptors (Lipinski definition) is 2. The Bertz CT molecular complexity index is 275. The summed E-state index contributed by atoms with van der Waals surface area (Å²) in [6.45, 7) is 5.63. The molecule has 14 heavy (non-hydrogen) atoms. The van der Waals surface area contributed by atoms with Gasteiger partial charge in [0, 0.05) is 13.0 Å². The molecule has 0 aromatic rings. The van der Waals surface area contributed by atoms with Crippen LogP contribution in [0.15, 0.2) is 12.7 Å². The summed E-state index contributed by atoms with van der Waals surface area (Å²) in [5.41, 5.74) is -1.12. The van der Waals surface area contributed by atoms with Crippen molar-refractivity contribution in [3.8, 4) is 0 Å². The summed E-state index contributed by atoms with van der Waals surface area (Å²) in [6, 6.07) is 0. The fourth-order valence-corrected chi connectivity index (χ4v) is 1.76. The van der Waals surface area contributed by atoms with E-state index in [-0.39, 0.29) is 12.3 Å². The summed E-state index contributed by atoms with van der Waals surface area (Å²) >= 11 is 0. The van der Waals surface area contributed by atoms with Crippen LogP contribution in [0.1, 0.15) is 26.2 Å². The first-order chi connectivity index (χ1) is 6.52. The molecule has 0 aliphatic carbocycles. The van der Waals surface area contributed by atoms with E-state index in [1.54, 1.807) is 13.0 Å². The average Bonchev–Trinajstić information content (AvgIpc) is 2.51. The van der Waals surface area contributed by atoms with Gasteiger partial charge in [-0.2, -0.15) is 0 Å². The zero-order valence-electron chi connectivity index (χ0n) is 8.32. The lowest BCUT2D eigenvalue weighted by Crippen LogP contribution is -2.52. The smallest absolute Gasteiger partial charge is 0.329 e. The van der Waals surface area contributed by atoms with Gasteiger partial charge in [-0.1, -0.05) is 6.08 Å². The normalized spacial score (nSPS) is 20.6. The second-order valence-electron chi connectivity index (χ2n) is 3.72. The van der Waals surface area contributed by atoms with Gasteiger partial charge in [0.1, 0.15) is 5.54 Å². The van der Waals surface area contributed by atoms with Crippen molar-refractivity contribution in [1.29, 1.82) is 0 Å². The summed E-state index contributed by atoms with van der Waals surface area (Å²) in [4.78, 5) is 24.0. The van der Waals surface area contributed by atoms with Crippen molar-refractivity contribution in [3.63, 3.8) is 0 Å². The fourth-order valence-electron chi connectivity index (χ4n) is 1.76. The topological polar surface area (TPSA) is 57.6 Å². The molecular weight excluding hydrogens is 182 g/mol. The largest absolute Gasteiger partial charge is 0.479 e. The summed E-state index contributed by atoms with van der Waals surface area (Å²) in [5.74, 6) is -1.04. The van der Waals surface area contributed by atoms with E-state index in [4.69, 9.17) is 5.11 Å². The number of carboxylic acids is 1. The molecule has 0 aromatic carbocycles. The quantitative estimate of drug-likeness (QED) is 0.685. The van der Waals surface area contributed by atoms with Gasteiger partial charge in [0.2, 0.25) is 5.91 Å². The Balaban J connectivity index is 2.91. The molecule has 78 valence electrons. The Labute approximate surface area is 83.2 Å². The van der Waals surface area contributed by atoms with Crippen molar-refractivity contribution in [1.82, 2.24) is 4.90 Å². The second kappa shape index (κ2) is 3.82. The standard InChI is InChI=1S/C10H15NO3/c1-3-6-10(2,9(13)14)11-7-4-5-8(11)12/h3H,1,4-7H2,2H3,(H,13,14)/t10-/m1/s1. The predicted molar refractivity (Wildman–Crippen MR) is 51.8 cm³/mol. The minimum Gasteiger partial charge on any atom is -0.479 e. The lowest BCUT2D eigenvalue weighted by molar-refractivity contribution is -0.155. The number of carboxylic acid groups (broad SMARTS) is 1. The van der Waals surface area contributed by atoms with Crippen LogP contribution in [0, 0.1) is 0 Å². The number of amides is 1. The van der Waals surface area contributed by atoms with Crippen LogP contribution in [0.25, 0.3) is 0 Å². The number of aliphatic carboxylic acids is 1. The molecule has 1 rings (SSSR count). The van der Waals surface area contributed by atoms with Gasteiger partial charge >= 0.3 is 5.97 Å². The van der Waals surface area contributed by atoms with Crippen molar-refractivity contribution in [2.45, 2.75) is 31.7 Å². The monoisotopic (exact) mass is 197 g/mol. The van der Waals surface area contributed by atoms with Crippen molar-refractivity contribution < 1.29 is 14.7 Å². The van der Waals surface area contributed by atoms with Crippen LogP contribution in [0.3, 0.4) is 0 Å². The fraction of sp³-hybridized carbons (Fsp3) is 0.600. The first-order valence-electron chi connectivity index (χ1n) is 4.67. The molecule has 0 spiro atoms. The van der Waals surface area contributed by atoms with Crippen LogP contribution < -0.4 is 0 Å². The Morgan fingerprint density at radius 1 is 1.79 bits per heavy atom. The first kappa shape index (κ1) is 10.8. The van der Waals surface area contributed by atoms with Crippen LogP contribution in [0.5, 0.6) is 0 Å². The number of carbonyl (C=O) groups is 2. The van der Waals surface area contributed by atoms with Crippen molar-refractivity contribution in [2.75, 3.05) is 6.54 Å². The molecule has 4 nitrogen and oxygen atoms in total. The molecule has 1 aliphatic rings. The molecule has 1 saturated heterocycles. The van der Waals surface area contributed by atoms with E-state index in [1.807, 2.05) is 0 Å². The van der Waals surface area contributed by atoms with Gasteiger partial charge < -0.3 is 10.0 Å². The third-order valence-corrected chi connectivity index (χ3v) is 2.67. The van der Waals surface area contributed by atoms with Crippen LogP contribution in [-0.2, 0) is 9.59 Å². The second-order valence-corrected chi connectivity index (χ2v) is 3.72. The zero-order valence-corrected chi connectivity index (χ0v) is 8.32. The lowest BCUT2D eigenvalue weighted by Gasteiger charge is -2.34. The van der Waals surface area contributed by atoms with E-state index in [0.29, 0.717) is 13.0 Å². The van der Waals surface area contributed by atoms with Gasteiger partial charge in [0.05, 0.1) is 0 Å². The van der Waals surface area contributed by atoms with E-state index < -0.39 is 11.5 Å². The van der Waals surface area contributed by atoms with E-state index >= 15 is 0 Å². The maximum Gasteiger partial charge on any atom is 0.329 e. The van der Waals surface area contributed by atoms with Crippen molar-refractivity contribution >= 4 is 11.9 Å². The van der Waals surface area contributed by atoms with Gasteiger partial charge in [-0.25, -0.2) is 4.79 Å². The molecule has 1 aliphatic heterocycles. The molecular formula is C10H15NO3. The summed E-state index contributed by atoms with van der Waals surface area (Å²) in [7, 11) is 0. The predicted octanol–water partition coefficient (Wildman–Crippen LogP) is 1.03. The van der Waals surface area contributed by atoms with Crippen LogP contribution in [-0.4, -0.2) is 34.0 Å². The SMILES string of the molecule is C=CC[C@](C)(C(=O)O)N1CCCC1=O. The van der Waals surface area contributed by atoms with Gasteiger partial charge in [-0.05, 0) is 19.8 Å². The van der Waals surface area contributed by atoms with Crippen LogP contribution in [0.2, 0.25) is 0 Å². The van der Waals surface area contributed by atoms with Gasteiger partial charge in [0.25, 0.3) is 0 Å². The summed E-state index contributed by atoms with van der Waals surface area (Å²) < 4.78 is 0. The highest BCUT2D eigenvalue weighted by Crippen LogP contribution is 2.26. The highest BCUT2D eigenvalue weighted by Gasteiger charge is 2.42. The highest BCUT2D eigenvalue weighted by molar-refractivity contribution is 5.88. The maximum atomic E-state index is 11.4. The Hall–Kier alpha value is -1.32. The number of nitrogens with zero attached hydrogens (tertiary/aromatic N) is 1. The summed E-state index contributed by atoms with van der Waals surface area (Å²) in [5, 5.41) is 9.10. The molecule has 1 fully saturated rings. The van der Waals surface area contributed by atoms with Gasteiger partial charge in [0.15, 0.2) is 0 Å². The maximum absolute atomic E-state index is 11.4. The van der Waals surface area contributed by atoms with Crippen molar-refractivity contribution in [2.24, 2.45) is 0 Å². The van der Waals surface area contributed by atoms with Crippen molar-refractivity contribution in [3.05, 3.63) is 12.7 Å². The molecule has 1 amide bonds. The molecule has 0 unspecified atom stereocenters. The molecule has 4 heteroatoms. The molecule has 0 saturated carbocycles. The van der Waals surface area contributed by atoms with E-state index in [9.17, 15) is 9.59 Å². The third kappa shape index (κ3) is 1.64. The minimum atomic E-state index is -1.12. The highest BCUT2D eigenvalue weighted by atomic mass is 16.4. The Morgan fingerprint density at radius 3 is 2.79 bits per heavy atom. The number of hydrogen-bond donors (Lipinski definition) is 1. The number of carbonyl (C=O) groups excluding carboxylic acids is 1. The van der Waals surface area contributed by atoms with Gasteiger partial charge in [-0.15, -0.1) is 6.58 Å². The van der Waals surface area contributed by atoms with Gasteiger partial charge in [-0.3, -0.25) is 4.79 Å². The first-order valence-corrected chi connectivity index (χ1v) is 4.67. The molecule has 0 aromatic heterocycles.